The number of hydrogen-bond donors (Lipinski definition) is 2. The molecule has 0 aliphatic rings. The van der Waals surface area contributed by atoms with Gasteiger partial charge in [-0.3, -0.25) is 0 Å². The molecule has 2 aromatic rings. The van der Waals surface area contributed by atoms with Gasteiger partial charge >= 0.3 is 0 Å². The number of aliphatic hydroxyl groups is 1. The number of ether oxygens (including phenoxy) is 1. The highest BCUT2D eigenvalue weighted by molar-refractivity contribution is 7.07. The number of aromatic nitrogens is 2. The van der Waals surface area contributed by atoms with Crippen LogP contribution < -0.4 is 10.1 Å². The average molecular weight is 251 g/mol. The minimum Gasteiger partial charge on any atom is -0.481 e. The van der Waals surface area contributed by atoms with Crippen LogP contribution >= 0.6 is 11.3 Å². The molecule has 5 nitrogen and oxygen atoms in total. The van der Waals surface area contributed by atoms with E-state index in [9.17, 15) is 5.11 Å². The van der Waals surface area contributed by atoms with Crippen LogP contribution in [0.1, 0.15) is 11.7 Å². The van der Waals surface area contributed by atoms with Crippen LogP contribution in [-0.4, -0.2) is 28.7 Å². The summed E-state index contributed by atoms with van der Waals surface area (Å²) in [6.07, 6.45) is 0.875. The maximum absolute atomic E-state index is 9.87. The van der Waals surface area contributed by atoms with Crippen molar-refractivity contribution in [2.45, 2.75) is 6.10 Å². The smallest absolute Gasteiger partial charge is 0.218 e. The number of anilines is 1. The molecule has 0 bridgehead atoms. The molecule has 0 spiro atoms. The lowest BCUT2D eigenvalue weighted by molar-refractivity contribution is 0.192. The maximum Gasteiger partial charge on any atom is 0.218 e. The molecule has 0 saturated heterocycles. The van der Waals surface area contributed by atoms with Crippen LogP contribution in [0.2, 0.25) is 0 Å². The topological polar surface area (TPSA) is 67.3 Å². The van der Waals surface area contributed by atoms with E-state index in [-0.39, 0.29) is 0 Å². The lowest BCUT2D eigenvalue weighted by Crippen LogP contribution is -2.12. The number of rotatable bonds is 5. The van der Waals surface area contributed by atoms with E-state index in [0.29, 0.717) is 18.2 Å². The average Bonchev–Trinajstić information content (AvgIpc) is 2.90. The minimum atomic E-state index is -0.540. The molecule has 17 heavy (non-hydrogen) atoms. The number of methoxy groups -OCH3 is 1. The molecule has 2 N–H and O–H groups in total. The second-order valence-electron chi connectivity index (χ2n) is 3.40. The van der Waals surface area contributed by atoms with Crippen molar-refractivity contribution >= 4 is 17.2 Å². The van der Waals surface area contributed by atoms with Gasteiger partial charge < -0.3 is 15.2 Å². The highest BCUT2D eigenvalue weighted by Gasteiger charge is 2.08. The minimum absolute atomic E-state index is 0.400. The van der Waals surface area contributed by atoms with Crippen LogP contribution in [-0.2, 0) is 0 Å². The molecular weight excluding hydrogens is 238 g/mol. The lowest BCUT2D eigenvalue weighted by atomic mass is 10.2. The first-order chi connectivity index (χ1) is 8.29. The fourth-order valence-corrected chi connectivity index (χ4v) is 2.04. The summed E-state index contributed by atoms with van der Waals surface area (Å²) >= 11 is 1.56. The predicted octanol–water partition coefficient (Wildman–Crippen LogP) is 1.69. The van der Waals surface area contributed by atoms with Crippen LogP contribution in [0.3, 0.4) is 0 Å². The second kappa shape index (κ2) is 5.60. The summed E-state index contributed by atoms with van der Waals surface area (Å²) in [5, 5.41) is 16.8. The third kappa shape index (κ3) is 3.15. The van der Waals surface area contributed by atoms with Gasteiger partial charge in [-0.2, -0.15) is 11.3 Å². The van der Waals surface area contributed by atoms with E-state index in [4.69, 9.17) is 4.74 Å². The number of nitrogens with zero attached hydrogens (tertiary/aromatic N) is 2. The molecule has 0 aliphatic heterocycles. The Morgan fingerprint density at radius 3 is 3.12 bits per heavy atom. The first-order valence-corrected chi connectivity index (χ1v) is 6.04. The quantitative estimate of drug-likeness (QED) is 0.846. The van der Waals surface area contributed by atoms with Crippen molar-refractivity contribution in [2.75, 3.05) is 19.0 Å². The van der Waals surface area contributed by atoms with Crippen molar-refractivity contribution in [2.24, 2.45) is 0 Å². The van der Waals surface area contributed by atoms with Gasteiger partial charge in [0.2, 0.25) is 5.88 Å². The van der Waals surface area contributed by atoms with Crippen molar-refractivity contribution in [3.05, 3.63) is 34.8 Å². The SMILES string of the molecule is COc1cc(NCC(O)c2ccsc2)ncn1. The normalized spacial score (nSPS) is 12.1. The Hall–Kier alpha value is -1.66. The van der Waals surface area contributed by atoms with E-state index >= 15 is 0 Å². The summed E-state index contributed by atoms with van der Waals surface area (Å²) in [5.41, 5.74) is 0.906. The molecule has 0 amide bonds. The lowest BCUT2D eigenvalue weighted by Gasteiger charge is -2.11. The molecule has 0 aromatic carbocycles. The zero-order valence-corrected chi connectivity index (χ0v) is 10.1. The van der Waals surface area contributed by atoms with Crippen molar-refractivity contribution in [1.82, 2.24) is 9.97 Å². The van der Waals surface area contributed by atoms with Crippen molar-refractivity contribution < 1.29 is 9.84 Å². The molecule has 0 fully saturated rings. The molecule has 90 valence electrons. The fourth-order valence-electron chi connectivity index (χ4n) is 1.33. The Balaban J connectivity index is 1.93. The molecule has 2 rings (SSSR count). The van der Waals surface area contributed by atoms with Gasteiger partial charge in [0.05, 0.1) is 13.2 Å². The molecule has 6 heteroatoms. The summed E-state index contributed by atoms with van der Waals surface area (Å²) in [7, 11) is 1.55. The number of nitrogens with one attached hydrogen (secondary N) is 1. The molecule has 2 heterocycles. The molecule has 1 unspecified atom stereocenters. The number of aliphatic hydroxyl groups excluding tert-OH is 1. The zero-order chi connectivity index (χ0) is 12.1. The number of thiophene rings is 1. The van der Waals surface area contributed by atoms with E-state index in [1.54, 1.807) is 24.5 Å². The maximum atomic E-state index is 9.87. The summed E-state index contributed by atoms with van der Waals surface area (Å²) in [6, 6.07) is 3.58. The Morgan fingerprint density at radius 2 is 2.41 bits per heavy atom. The van der Waals surface area contributed by atoms with Crippen LogP contribution in [0.4, 0.5) is 5.82 Å². The first-order valence-electron chi connectivity index (χ1n) is 5.09. The Morgan fingerprint density at radius 1 is 1.53 bits per heavy atom. The highest BCUT2D eigenvalue weighted by atomic mass is 32.1. The van der Waals surface area contributed by atoms with Crippen molar-refractivity contribution in [1.29, 1.82) is 0 Å². The van der Waals surface area contributed by atoms with Gasteiger partial charge in [-0.25, -0.2) is 9.97 Å². The molecule has 0 radical (unpaired) electrons. The third-order valence-corrected chi connectivity index (χ3v) is 2.96. The third-order valence-electron chi connectivity index (χ3n) is 2.26. The first kappa shape index (κ1) is 11.8. The van der Waals surface area contributed by atoms with Crippen molar-refractivity contribution in [3.63, 3.8) is 0 Å². The summed E-state index contributed by atoms with van der Waals surface area (Å²) in [6.45, 7) is 0.400. The Bertz CT molecular complexity index is 461. The predicted molar refractivity (Wildman–Crippen MR) is 66.4 cm³/mol. The summed E-state index contributed by atoms with van der Waals surface area (Å²) < 4.78 is 4.98. The van der Waals surface area contributed by atoms with E-state index in [0.717, 1.165) is 5.56 Å². The van der Waals surface area contributed by atoms with E-state index in [1.165, 1.54) is 6.33 Å². The zero-order valence-electron chi connectivity index (χ0n) is 9.33. The summed E-state index contributed by atoms with van der Waals surface area (Å²) in [5.74, 6) is 1.12. The molecule has 0 aliphatic carbocycles. The van der Waals surface area contributed by atoms with Gasteiger partial charge in [0.15, 0.2) is 0 Å². The van der Waals surface area contributed by atoms with E-state index in [1.807, 2.05) is 16.8 Å². The highest BCUT2D eigenvalue weighted by Crippen LogP contribution is 2.17. The van der Waals surface area contributed by atoms with Crippen LogP contribution in [0, 0.1) is 0 Å². The van der Waals surface area contributed by atoms with Gasteiger partial charge in [0.1, 0.15) is 12.1 Å². The molecule has 2 aromatic heterocycles. The van der Waals surface area contributed by atoms with Gasteiger partial charge in [0, 0.05) is 12.6 Å². The van der Waals surface area contributed by atoms with E-state index < -0.39 is 6.10 Å². The standard InChI is InChI=1S/C11H13N3O2S/c1-16-11-4-10(13-7-14-11)12-5-9(15)8-2-3-17-6-8/h2-4,6-7,9,15H,5H2,1H3,(H,12,13,14). The molecule has 1 atom stereocenters. The van der Waals surface area contributed by atoms with Gasteiger partial charge in [-0.05, 0) is 22.4 Å². The van der Waals surface area contributed by atoms with Gasteiger partial charge in [0.25, 0.3) is 0 Å². The van der Waals surface area contributed by atoms with Crippen molar-refractivity contribution in [3.8, 4) is 5.88 Å². The van der Waals surface area contributed by atoms with Gasteiger partial charge in [-0.15, -0.1) is 0 Å². The largest absolute Gasteiger partial charge is 0.481 e. The fraction of sp³-hybridized carbons (Fsp3) is 0.273. The van der Waals surface area contributed by atoms with Crippen LogP contribution in [0.15, 0.2) is 29.2 Å². The Kier molecular flexibility index (Phi) is 3.89. The van der Waals surface area contributed by atoms with Crippen LogP contribution in [0.5, 0.6) is 5.88 Å². The van der Waals surface area contributed by atoms with E-state index in [2.05, 4.69) is 15.3 Å². The number of hydrogen-bond acceptors (Lipinski definition) is 6. The molecular formula is C11H13N3O2S. The van der Waals surface area contributed by atoms with Crippen LogP contribution in [0.25, 0.3) is 0 Å². The van der Waals surface area contributed by atoms with Gasteiger partial charge in [-0.1, -0.05) is 0 Å². The Labute approximate surface area is 103 Å². The second-order valence-corrected chi connectivity index (χ2v) is 4.18. The summed E-state index contributed by atoms with van der Waals surface area (Å²) in [4.78, 5) is 7.93. The molecule has 0 saturated carbocycles. The monoisotopic (exact) mass is 251 g/mol.